The molecule has 0 aliphatic carbocycles. The summed E-state index contributed by atoms with van der Waals surface area (Å²) < 4.78 is 28.7. The second-order valence-corrected chi connectivity index (χ2v) is 6.95. The number of nitrogens with one attached hydrogen (secondary N) is 2. The summed E-state index contributed by atoms with van der Waals surface area (Å²) in [6.45, 7) is 1.55. The fraction of sp³-hybridized carbons (Fsp3) is 0.150. The molecule has 0 fully saturated rings. The lowest BCUT2D eigenvalue weighted by Crippen LogP contribution is -2.32. The maximum Gasteiger partial charge on any atom is 0.255 e. The number of benzene rings is 2. The summed E-state index contributed by atoms with van der Waals surface area (Å²) >= 11 is 5.99. The predicted molar refractivity (Wildman–Crippen MR) is 104 cm³/mol. The molecule has 1 heterocycles. The van der Waals surface area contributed by atoms with Crippen LogP contribution in [0.25, 0.3) is 11.3 Å². The molecule has 0 aliphatic rings. The number of carbonyl (C=O) groups is 2. The smallest absolute Gasteiger partial charge is 0.255 e. The van der Waals surface area contributed by atoms with E-state index in [0.29, 0.717) is 16.1 Å². The number of aromatic nitrogens is 2. The van der Waals surface area contributed by atoms with Gasteiger partial charge in [0.1, 0.15) is 11.6 Å². The van der Waals surface area contributed by atoms with Crippen molar-refractivity contribution >= 4 is 23.4 Å². The second kappa shape index (κ2) is 8.40. The zero-order valence-corrected chi connectivity index (χ0v) is 16.1. The predicted octanol–water partition coefficient (Wildman–Crippen LogP) is 3.66. The number of nitrogens with two attached hydrogens (primary N) is 1. The van der Waals surface area contributed by atoms with Crippen LogP contribution < -0.4 is 11.1 Å². The van der Waals surface area contributed by atoms with E-state index in [1.807, 2.05) is 0 Å². The van der Waals surface area contributed by atoms with E-state index < -0.39 is 35.1 Å². The van der Waals surface area contributed by atoms with Gasteiger partial charge in [-0.25, -0.2) is 8.78 Å². The third-order valence-corrected chi connectivity index (χ3v) is 4.52. The maximum absolute atomic E-state index is 14.4. The maximum atomic E-state index is 14.4. The first-order valence-corrected chi connectivity index (χ1v) is 8.98. The molecule has 0 bridgehead atoms. The van der Waals surface area contributed by atoms with Crippen LogP contribution in [0.3, 0.4) is 0 Å². The number of amides is 2. The van der Waals surface area contributed by atoms with Gasteiger partial charge in [-0.2, -0.15) is 5.10 Å². The summed E-state index contributed by atoms with van der Waals surface area (Å²) in [6.07, 6.45) is 0.967. The molecule has 0 saturated carbocycles. The number of aromatic amines is 1. The van der Waals surface area contributed by atoms with Crippen molar-refractivity contribution in [1.82, 2.24) is 15.5 Å². The average molecular weight is 419 g/mol. The molecule has 2 aromatic carbocycles. The van der Waals surface area contributed by atoms with Crippen LogP contribution in [-0.2, 0) is 4.79 Å². The van der Waals surface area contributed by atoms with Gasteiger partial charge in [-0.1, -0.05) is 23.7 Å². The Balaban J connectivity index is 1.95. The third-order valence-electron chi connectivity index (χ3n) is 4.28. The van der Waals surface area contributed by atoms with Gasteiger partial charge in [-0.3, -0.25) is 14.7 Å². The van der Waals surface area contributed by atoms with Crippen LogP contribution in [0.2, 0.25) is 5.02 Å². The Morgan fingerprint density at radius 2 is 1.93 bits per heavy atom. The molecule has 4 N–H and O–H groups in total. The van der Waals surface area contributed by atoms with Crippen molar-refractivity contribution < 1.29 is 18.4 Å². The van der Waals surface area contributed by atoms with E-state index in [4.69, 9.17) is 17.3 Å². The largest absolute Gasteiger partial charge is 0.370 e. The molecule has 29 heavy (non-hydrogen) atoms. The number of nitrogens with zero attached hydrogens (tertiary/aromatic N) is 1. The second-order valence-electron chi connectivity index (χ2n) is 6.51. The number of halogens is 3. The van der Waals surface area contributed by atoms with Gasteiger partial charge in [0.25, 0.3) is 5.91 Å². The number of primary amides is 1. The van der Waals surface area contributed by atoms with Gasteiger partial charge in [0, 0.05) is 5.02 Å². The standard InChI is InChI=1S/C20H17ClF2N4O2/c1-10-5-14(22)18(15(23)6-10)19-13(9-25-27-19)20(29)26-16(8-17(24)28)11-3-2-4-12(21)7-11/h2-7,9,16H,8H2,1H3,(H2,24,28)(H,25,27)(H,26,29)/t16-/m0/s1. The number of carbonyl (C=O) groups excluding carboxylic acids is 2. The van der Waals surface area contributed by atoms with E-state index in [1.165, 1.54) is 0 Å². The molecule has 0 aliphatic heterocycles. The van der Waals surface area contributed by atoms with Crippen molar-refractivity contribution in [2.45, 2.75) is 19.4 Å². The molecular formula is C20H17ClF2N4O2. The van der Waals surface area contributed by atoms with Gasteiger partial charge in [-0.05, 0) is 42.3 Å². The number of rotatable bonds is 6. The molecule has 0 radical (unpaired) electrons. The van der Waals surface area contributed by atoms with E-state index in [0.717, 1.165) is 18.3 Å². The highest BCUT2D eigenvalue weighted by Gasteiger charge is 2.24. The number of hydrogen-bond acceptors (Lipinski definition) is 3. The van der Waals surface area contributed by atoms with Crippen LogP contribution in [0, 0.1) is 18.6 Å². The quantitative estimate of drug-likeness (QED) is 0.569. The van der Waals surface area contributed by atoms with Crippen molar-refractivity contribution in [3.05, 3.63) is 75.9 Å². The minimum Gasteiger partial charge on any atom is -0.370 e. The summed E-state index contributed by atoms with van der Waals surface area (Å²) in [4.78, 5) is 24.3. The van der Waals surface area contributed by atoms with Crippen LogP contribution in [0.1, 0.15) is 33.9 Å². The van der Waals surface area contributed by atoms with Gasteiger partial charge < -0.3 is 11.1 Å². The first-order valence-electron chi connectivity index (χ1n) is 8.60. The van der Waals surface area contributed by atoms with Crippen molar-refractivity contribution in [2.24, 2.45) is 5.73 Å². The average Bonchev–Trinajstić information content (AvgIpc) is 3.09. The van der Waals surface area contributed by atoms with Gasteiger partial charge >= 0.3 is 0 Å². The van der Waals surface area contributed by atoms with Gasteiger partial charge in [0.15, 0.2) is 0 Å². The normalized spacial score (nSPS) is 11.9. The number of H-pyrrole nitrogens is 1. The molecule has 150 valence electrons. The summed E-state index contributed by atoms with van der Waals surface area (Å²) in [6, 6.07) is 8.10. The zero-order valence-electron chi connectivity index (χ0n) is 15.3. The molecule has 0 unspecified atom stereocenters. The Labute approximate surface area is 170 Å². The first-order chi connectivity index (χ1) is 13.8. The molecule has 1 aromatic heterocycles. The fourth-order valence-corrected chi connectivity index (χ4v) is 3.20. The van der Waals surface area contributed by atoms with Crippen LogP contribution in [0.5, 0.6) is 0 Å². The van der Waals surface area contributed by atoms with E-state index in [1.54, 1.807) is 31.2 Å². The summed E-state index contributed by atoms with van der Waals surface area (Å²) in [5, 5.41) is 9.28. The summed E-state index contributed by atoms with van der Waals surface area (Å²) in [5.41, 5.74) is 5.67. The van der Waals surface area contributed by atoms with Gasteiger partial charge in [0.05, 0.1) is 35.5 Å². The minimum atomic E-state index is -0.829. The SMILES string of the molecule is Cc1cc(F)c(-c2[nH]ncc2C(=O)N[C@@H](CC(N)=O)c2cccc(Cl)c2)c(F)c1. The molecule has 1 atom stereocenters. The Hall–Kier alpha value is -3.26. The molecule has 9 heteroatoms. The highest BCUT2D eigenvalue weighted by molar-refractivity contribution is 6.30. The van der Waals surface area contributed by atoms with Crippen LogP contribution in [0.15, 0.2) is 42.6 Å². The summed E-state index contributed by atoms with van der Waals surface area (Å²) in [5.74, 6) is -2.98. The lowest BCUT2D eigenvalue weighted by Gasteiger charge is -2.18. The molecular weight excluding hydrogens is 402 g/mol. The Morgan fingerprint density at radius 3 is 2.55 bits per heavy atom. The summed E-state index contributed by atoms with van der Waals surface area (Å²) in [7, 11) is 0. The van der Waals surface area contributed by atoms with Crippen LogP contribution in [0.4, 0.5) is 8.78 Å². The van der Waals surface area contributed by atoms with Crippen LogP contribution >= 0.6 is 11.6 Å². The molecule has 0 spiro atoms. The molecule has 3 rings (SSSR count). The molecule has 6 nitrogen and oxygen atoms in total. The van der Waals surface area contributed by atoms with E-state index in [2.05, 4.69) is 15.5 Å². The van der Waals surface area contributed by atoms with Crippen molar-refractivity contribution in [2.75, 3.05) is 0 Å². The molecule has 2 amide bonds. The number of hydrogen-bond donors (Lipinski definition) is 3. The van der Waals surface area contributed by atoms with Gasteiger partial charge in [-0.15, -0.1) is 0 Å². The molecule has 0 saturated heterocycles. The third kappa shape index (κ3) is 4.60. The van der Waals surface area contributed by atoms with Crippen molar-refractivity contribution in [3.8, 4) is 11.3 Å². The highest BCUT2D eigenvalue weighted by Crippen LogP contribution is 2.29. The Kier molecular flexibility index (Phi) is 5.93. The van der Waals surface area contributed by atoms with Crippen LogP contribution in [-0.4, -0.2) is 22.0 Å². The van der Waals surface area contributed by atoms with Crippen molar-refractivity contribution in [1.29, 1.82) is 0 Å². The highest BCUT2D eigenvalue weighted by atomic mass is 35.5. The zero-order chi connectivity index (χ0) is 21.1. The Morgan fingerprint density at radius 1 is 1.24 bits per heavy atom. The Bertz CT molecular complexity index is 1060. The lowest BCUT2D eigenvalue weighted by atomic mass is 10.0. The number of aryl methyl sites for hydroxylation is 1. The van der Waals surface area contributed by atoms with E-state index in [-0.39, 0.29) is 17.7 Å². The van der Waals surface area contributed by atoms with E-state index in [9.17, 15) is 18.4 Å². The van der Waals surface area contributed by atoms with Gasteiger partial charge in [0.2, 0.25) is 5.91 Å². The molecule has 3 aromatic rings. The first kappa shape index (κ1) is 20.5. The monoisotopic (exact) mass is 418 g/mol. The van der Waals surface area contributed by atoms with E-state index >= 15 is 0 Å². The lowest BCUT2D eigenvalue weighted by molar-refractivity contribution is -0.118. The topological polar surface area (TPSA) is 101 Å². The van der Waals surface area contributed by atoms with Crippen molar-refractivity contribution in [3.63, 3.8) is 0 Å². The minimum absolute atomic E-state index is 0.0804. The fourth-order valence-electron chi connectivity index (χ4n) is 3.00.